The Morgan fingerprint density at radius 3 is 1.34 bits per heavy atom. The molecule has 2 amide bonds. The van der Waals surface area contributed by atoms with E-state index in [1.807, 2.05) is 0 Å². The number of aromatic nitrogens is 4. The maximum Gasteiger partial charge on any atom is 0.434 e. The number of nitrogens with two attached hydrogens (primary N) is 1. The van der Waals surface area contributed by atoms with E-state index in [9.17, 15) is 52.8 Å². The molecule has 27 heteroatoms. The second kappa shape index (κ2) is 21.0. The third-order valence-electron chi connectivity index (χ3n) is 8.14. The van der Waals surface area contributed by atoms with Gasteiger partial charge in [0.15, 0.2) is 11.4 Å². The van der Waals surface area contributed by atoms with Gasteiger partial charge in [-0.25, -0.2) is 9.36 Å². The number of alkyl halides is 6. The van der Waals surface area contributed by atoms with E-state index in [0.717, 1.165) is 21.0 Å². The van der Waals surface area contributed by atoms with E-state index in [0.29, 0.717) is 25.1 Å². The number of carbonyl (C=O) groups is 2. The van der Waals surface area contributed by atoms with Crippen LogP contribution in [0.15, 0.2) is 109 Å². The van der Waals surface area contributed by atoms with Crippen molar-refractivity contribution in [2.24, 2.45) is 0 Å². The summed E-state index contributed by atoms with van der Waals surface area (Å²) in [6.07, 6.45) is -7.99. The van der Waals surface area contributed by atoms with Crippen LogP contribution < -0.4 is 21.1 Å². The van der Waals surface area contributed by atoms with E-state index in [-0.39, 0.29) is 28.4 Å². The second-order valence-electron chi connectivity index (χ2n) is 13.3. The van der Waals surface area contributed by atoms with Crippen molar-refractivity contribution in [2.75, 3.05) is 49.3 Å². The topological polar surface area (TPSA) is 207 Å². The van der Waals surface area contributed by atoms with Crippen molar-refractivity contribution in [3.63, 3.8) is 0 Å². The summed E-state index contributed by atoms with van der Waals surface area (Å²) in [6, 6.07) is 22.8. The van der Waals surface area contributed by atoms with Gasteiger partial charge in [0.05, 0.1) is 40.6 Å². The van der Waals surface area contributed by atoms with Crippen LogP contribution in [0.3, 0.4) is 0 Å². The van der Waals surface area contributed by atoms with Crippen LogP contribution in [0.4, 0.5) is 49.1 Å². The molecule has 2 heterocycles. The van der Waals surface area contributed by atoms with Crippen LogP contribution in [0.2, 0.25) is 10.0 Å². The maximum absolute atomic E-state index is 13.8. The average molecular weight is 1010 g/mol. The molecule has 0 aliphatic rings. The van der Waals surface area contributed by atoms with Crippen molar-refractivity contribution < 1.29 is 52.8 Å². The Morgan fingerprint density at radius 1 is 0.615 bits per heavy atom. The number of rotatable bonds is 10. The van der Waals surface area contributed by atoms with Gasteiger partial charge < -0.3 is 16.4 Å². The monoisotopic (exact) mass is 1010 g/mol. The number of hydrogen-bond donors (Lipinski definition) is 4. The van der Waals surface area contributed by atoms with Crippen molar-refractivity contribution >= 4 is 87.9 Å². The molecule has 0 aliphatic carbocycles. The highest BCUT2D eigenvalue weighted by molar-refractivity contribution is 8.11. The summed E-state index contributed by atoms with van der Waals surface area (Å²) in [5, 5.41) is 12.9. The van der Waals surface area contributed by atoms with Crippen molar-refractivity contribution in [1.29, 1.82) is 0 Å². The molecule has 0 spiro atoms. The third kappa shape index (κ3) is 14.3. The predicted octanol–water partition coefficient (Wildman–Crippen LogP) is 8.43. The van der Waals surface area contributed by atoms with Gasteiger partial charge in [-0.2, -0.15) is 62.0 Å². The molecule has 0 unspecified atom stereocenters. The Labute approximate surface area is 382 Å². The molecular formula is C38H35Cl3F6N10O6S2. The lowest BCUT2D eigenvalue weighted by atomic mass is 10.2. The number of halogens is 9. The van der Waals surface area contributed by atoms with E-state index < -0.39 is 66.1 Å². The number of hydrogen-bond acceptors (Lipinski definition) is 9. The van der Waals surface area contributed by atoms with Gasteiger partial charge in [-0.05, 0) is 84.9 Å². The number of nitrogen functional groups attached to an aromatic ring is 1. The van der Waals surface area contributed by atoms with E-state index in [1.54, 1.807) is 12.1 Å². The van der Waals surface area contributed by atoms with E-state index in [1.165, 1.54) is 113 Å². The second-order valence-corrected chi connectivity index (χ2v) is 18.8. The molecule has 2 aromatic heterocycles. The van der Waals surface area contributed by atoms with E-state index in [2.05, 4.69) is 25.6 Å². The van der Waals surface area contributed by atoms with Gasteiger partial charge in [-0.15, -0.1) is 0 Å². The summed E-state index contributed by atoms with van der Waals surface area (Å²) in [5.74, 6) is -2.01. The molecule has 0 bridgehead atoms. The highest BCUT2D eigenvalue weighted by Crippen LogP contribution is 2.36. The number of carbonyl (C=O) groups excluding carboxylic acids is 2. The first-order chi connectivity index (χ1) is 30.1. The molecule has 65 heavy (non-hydrogen) atoms. The molecule has 0 saturated heterocycles. The van der Waals surface area contributed by atoms with Gasteiger partial charge in [0.2, 0.25) is 0 Å². The quantitative estimate of drug-likeness (QED) is 0.0590. The first-order valence-electron chi connectivity index (χ1n) is 17.8. The third-order valence-corrected chi connectivity index (χ3v) is 11.8. The molecule has 0 saturated carbocycles. The Hall–Kier alpha value is -5.89. The Bertz CT molecular complexity index is 2860. The number of amides is 2. The zero-order valence-electron chi connectivity index (χ0n) is 33.8. The first kappa shape index (κ1) is 51.7. The fourth-order valence-electron chi connectivity index (χ4n) is 5.04. The number of anilines is 4. The van der Waals surface area contributed by atoms with Crippen LogP contribution in [0, 0.1) is 0 Å². The van der Waals surface area contributed by atoms with Crippen LogP contribution in [0.25, 0.3) is 11.4 Å². The lowest BCUT2D eigenvalue weighted by Gasteiger charge is -2.15. The standard InChI is InChI=1S/C19H17ClF3N5O3S.C17H12ClF3N4O.C2H6ClNO2S/c1-27(2)32(30,31)26-14-5-3-4-13(10-14)25-18(29)16-11-24-28(17(16)19(21,22)23)15-8-6-12(20)7-9-15;18-10-4-6-13(7-5-10)25-15(17(19,20)21)14(9-23-25)16(26)24-12-3-1-2-11(22)8-12;1-4(2)7(3,5)6/h3-11,26H,1-2H3,(H,25,29);1-9H,22H2,(H,24,26);1-2H3. The van der Waals surface area contributed by atoms with Gasteiger partial charge in [0.1, 0.15) is 0 Å². The molecule has 0 radical (unpaired) electrons. The molecule has 5 N–H and O–H groups in total. The van der Waals surface area contributed by atoms with Crippen LogP contribution in [0.1, 0.15) is 32.1 Å². The molecule has 0 atom stereocenters. The summed E-state index contributed by atoms with van der Waals surface area (Å²) in [7, 11) is 2.90. The van der Waals surface area contributed by atoms with E-state index in [4.69, 9.17) is 39.6 Å². The van der Waals surface area contributed by atoms with Gasteiger partial charge in [-0.1, -0.05) is 35.3 Å². The number of nitrogens with one attached hydrogen (secondary N) is 3. The van der Waals surface area contributed by atoms with Crippen LogP contribution in [-0.4, -0.2) is 85.0 Å². The van der Waals surface area contributed by atoms with Crippen molar-refractivity contribution in [3.8, 4) is 11.4 Å². The molecular weight excluding hydrogens is 977 g/mol. The van der Waals surface area contributed by atoms with Crippen molar-refractivity contribution in [3.05, 3.63) is 142 Å². The fraction of sp³-hybridized carbons (Fsp3) is 0.158. The van der Waals surface area contributed by atoms with Crippen LogP contribution in [-0.2, 0) is 31.8 Å². The van der Waals surface area contributed by atoms with Crippen molar-refractivity contribution in [1.82, 2.24) is 28.2 Å². The molecule has 0 fully saturated rings. The summed E-state index contributed by atoms with van der Waals surface area (Å²) in [5.41, 5.74) is 2.91. The highest BCUT2D eigenvalue weighted by Gasteiger charge is 2.42. The molecule has 16 nitrogen and oxygen atoms in total. The molecule has 6 aromatic rings. The van der Waals surface area contributed by atoms with Gasteiger partial charge in [0, 0.05) is 66.0 Å². The zero-order chi connectivity index (χ0) is 48.7. The van der Waals surface area contributed by atoms with Crippen LogP contribution >= 0.6 is 33.9 Å². The summed E-state index contributed by atoms with van der Waals surface area (Å²) in [6.45, 7) is 0. The summed E-state index contributed by atoms with van der Waals surface area (Å²) >= 11 is 11.5. The lowest BCUT2D eigenvalue weighted by Crippen LogP contribution is -2.28. The Morgan fingerprint density at radius 2 is 0.985 bits per heavy atom. The Kier molecular flexibility index (Phi) is 16.7. The minimum absolute atomic E-state index is 0.0702. The smallest absolute Gasteiger partial charge is 0.399 e. The minimum Gasteiger partial charge on any atom is -0.399 e. The van der Waals surface area contributed by atoms with E-state index >= 15 is 0 Å². The minimum atomic E-state index is -4.88. The molecule has 4 aromatic carbocycles. The highest BCUT2D eigenvalue weighted by atomic mass is 35.7. The summed E-state index contributed by atoms with van der Waals surface area (Å²) in [4.78, 5) is 25.0. The molecule has 6 rings (SSSR count). The van der Waals surface area contributed by atoms with Crippen LogP contribution in [0.5, 0.6) is 0 Å². The molecule has 0 aliphatic heterocycles. The summed E-state index contributed by atoms with van der Waals surface area (Å²) < 4.78 is 131. The average Bonchev–Trinajstić information content (AvgIpc) is 3.86. The largest absolute Gasteiger partial charge is 0.434 e. The van der Waals surface area contributed by atoms with Crippen molar-refractivity contribution in [2.45, 2.75) is 12.4 Å². The predicted molar refractivity (Wildman–Crippen MR) is 235 cm³/mol. The van der Waals surface area contributed by atoms with Gasteiger partial charge in [0.25, 0.3) is 21.1 Å². The normalized spacial score (nSPS) is 11.9. The van der Waals surface area contributed by atoms with Gasteiger partial charge in [-0.3, -0.25) is 14.3 Å². The Balaban J connectivity index is 0.000000252. The lowest BCUT2D eigenvalue weighted by molar-refractivity contribution is -0.143. The maximum atomic E-state index is 13.8. The fourth-order valence-corrected chi connectivity index (χ4v) is 5.90. The SMILES string of the molecule is CN(C)S(=O)(=O)Cl.CN(C)S(=O)(=O)Nc1cccc(NC(=O)c2cnn(-c3ccc(Cl)cc3)c2C(F)(F)F)c1.Nc1cccc(NC(=O)c2cnn(-c3ccc(Cl)cc3)c2C(F)(F)F)c1. The zero-order valence-corrected chi connectivity index (χ0v) is 37.7. The number of benzene rings is 4. The molecule has 348 valence electrons. The first-order valence-corrected chi connectivity index (χ1v) is 22.3. The van der Waals surface area contributed by atoms with Gasteiger partial charge >= 0.3 is 22.6 Å². The number of nitrogens with zero attached hydrogens (tertiary/aromatic N) is 6.